The number of thiocyanates is 1. The summed E-state index contributed by atoms with van der Waals surface area (Å²) in [6.45, 7) is 2.11. The Morgan fingerprint density at radius 3 is 2.13 bits per heavy atom. The van der Waals surface area contributed by atoms with E-state index in [9.17, 15) is 0 Å². The summed E-state index contributed by atoms with van der Waals surface area (Å²) >= 11 is 1.19. The second-order valence-corrected chi connectivity index (χ2v) is 7.59. The van der Waals surface area contributed by atoms with Gasteiger partial charge in [-0.1, -0.05) is 19.8 Å². The Balaban J connectivity index is 4.59. The zero-order valence-electron chi connectivity index (χ0n) is 9.78. The molecule has 6 heteroatoms. The Kier molecular flexibility index (Phi) is 8.10. The van der Waals surface area contributed by atoms with Crippen LogP contribution in [0.25, 0.3) is 0 Å². The molecule has 0 aromatic carbocycles. The molecule has 0 saturated carbocycles. The monoisotopic (exact) mass is 249 g/mol. The van der Waals surface area contributed by atoms with Crippen LogP contribution in [0.4, 0.5) is 0 Å². The van der Waals surface area contributed by atoms with Crippen LogP contribution in [0.2, 0.25) is 0 Å². The Morgan fingerprint density at radius 1 is 1.27 bits per heavy atom. The van der Waals surface area contributed by atoms with E-state index in [-0.39, 0.29) is 4.87 Å². The minimum absolute atomic E-state index is 0.00227. The molecule has 0 N–H and O–H groups in total. The molecule has 1 unspecified atom stereocenters. The van der Waals surface area contributed by atoms with Gasteiger partial charge in [0.15, 0.2) is 0 Å². The number of thioether (sulfide) groups is 1. The van der Waals surface area contributed by atoms with Crippen molar-refractivity contribution in [2.45, 2.75) is 31.1 Å². The van der Waals surface area contributed by atoms with Gasteiger partial charge in [0, 0.05) is 21.3 Å². The molecule has 1 atom stereocenters. The molecule has 4 nitrogen and oxygen atoms in total. The first kappa shape index (κ1) is 14.9. The van der Waals surface area contributed by atoms with E-state index in [2.05, 4.69) is 12.3 Å². The number of nitriles is 1. The van der Waals surface area contributed by atoms with Crippen LogP contribution >= 0.6 is 11.8 Å². The van der Waals surface area contributed by atoms with Crippen molar-refractivity contribution in [1.82, 2.24) is 0 Å². The van der Waals surface area contributed by atoms with Crippen molar-refractivity contribution >= 4 is 20.6 Å². The second kappa shape index (κ2) is 8.13. The molecule has 0 aromatic heterocycles. The number of nitrogens with zero attached hydrogens (tertiary/aromatic N) is 1. The van der Waals surface area contributed by atoms with E-state index in [0.29, 0.717) is 0 Å². The molecule has 0 rings (SSSR count). The van der Waals surface area contributed by atoms with Crippen molar-refractivity contribution in [3.8, 4) is 5.40 Å². The molecule has 0 fully saturated rings. The fourth-order valence-electron chi connectivity index (χ4n) is 1.41. The van der Waals surface area contributed by atoms with E-state index in [4.69, 9.17) is 18.5 Å². The lowest BCUT2D eigenvalue weighted by molar-refractivity contribution is 0.120. The Labute approximate surface area is 97.3 Å². The Bertz CT molecular complexity index is 198. The lowest BCUT2D eigenvalue weighted by Gasteiger charge is -2.30. The van der Waals surface area contributed by atoms with Gasteiger partial charge in [0.1, 0.15) is 5.40 Å². The fraction of sp³-hybridized carbons (Fsp3) is 0.889. The minimum atomic E-state index is -2.66. The van der Waals surface area contributed by atoms with Crippen molar-refractivity contribution in [3.05, 3.63) is 0 Å². The van der Waals surface area contributed by atoms with Gasteiger partial charge in [-0.2, -0.15) is 5.26 Å². The molecular formula is C9H19NO3SSi. The molecule has 0 aliphatic heterocycles. The maximum absolute atomic E-state index is 8.75. The molecule has 0 heterocycles. The van der Waals surface area contributed by atoms with Crippen LogP contribution in [0.5, 0.6) is 0 Å². The zero-order chi connectivity index (χ0) is 11.7. The van der Waals surface area contributed by atoms with Gasteiger partial charge in [-0.3, -0.25) is 0 Å². The molecule has 0 amide bonds. The quantitative estimate of drug-likeness (QED) is 0.487. The van der Waals surface area contributed by atoms with Crippen molar-refractivity contribution < 1.29 is 13.3 Å². The highest BCUT2D eigenvalue weighted by molar-refractivity contribution is 8.05. The zero-order valence-corrected chi connectivity index (χ0v) is 11.6. The predicted molar refractivity (Wildman–Crippen MR) is 63.3 cm³/mol. The van der Waals surface area contributed by atoms with Gasteiger partial charge < -0.3 is 13.3 Å². The van der Waals surface area contributed by atoms with Crippen LogP contribution in [0.1, 0.15) is 26.2 Å². The van der Waals surface area contributed by atoms with Crippen LogP contribution in [0, 0.1) is 10.7 Å². The van der Waals surface area contributed by atoms with Gasteiger partial charge in [-0.05, 0) is 18.2 Å². The SMILES string of the molecule is CCCCC(SC#N)[Si](OC)(OC)OC. The summed E-state index contributed by atoms with van der Waals surface area (Å²) < 4.78 is 16.1. The van der Waals surface area contributed by atoms with Crippen LogP contribution in [-0.2, 0) is 13.3 Å². The summed E-state index contributed by atoms with van der Waals surface area (Å²) in [5.41, 5.74) is 0. The highest BCUT2D eigenvalue weighted by Gasteiger charge is 2.47. The third-order valence-electron chi connectivity index (χ3n) is 2.26. The molecule has 0 saturated heterocycles. The largest absolute Gasteiger partial charge is 0.514 e. The summed E-state index contributed by atoms with van der Waals surface area (Å²) in [7, 11) is 2.07. The molecule has 88 valence electrons. The molecule has 0 aromatic rings. The Hall–Kier alpha value is -0.0631. The normalized spacial score (nSPS) is 13.5. The van der Waals surface area contributed by atoms with Crippen molar-refractivity contribution in [3.63, 3.8) is 0 Å². The van der Waals surface area contributed by atoms with Crippen LogP contribution in [0.3, 0.4) is 0 Å². The van der Waals surface area contributed by atoms with Crippen molar-refractivity contribution in [1.29, 1.82) is 5.26 Å². The maximum atomic E-state index is 8.75. The molecule has 0 bridgehead atoms. The van der Waals surface area contributed by atoms with Gasteiger partial charge in [0.25, 0.3) is 0 Å². The molecule has 15 heavy (non-hydrogen) atoms. The molecular weight excluding hydrogens is 230 g/mol. The van der Waals surface area contributed by atoms with Gasteiger partial charge in [0.05, 0.1) is 4.87 Å². The van der Waals surface area contributed by atoms with Crippen molar-refractivity contribution in [2.75, 3.05) is 21.3 Å². The van der Waals surface area contributed by atoms with Gasteiger partial charge in [0.2, 0.25) is 0 Å². The minimum Gasteiger partial charge on any atom is -0.376 e. The summed E-state index contributed by atoms with van der Waals surface area (Å²) in [5, 5.41) is 10.9. The number of hydrogen-bond acceptors (Lipinski definition) is 5. The third kappa shape index (κ3) is 4.13. The second-order valence-electron chi connectivity index (χ2n) is 3.06. The maximum Gasteiger partial charge on any atom is 0.514 e. The highest BCUT2D eigenvalue weighted by atomic mass is 32.2. The molecule has 0 radical (unpaired) electrons. The van der Waals surface area contributed by atoms with Crippen LogP contribution in [-0.4, -0.2) is 35.0 Å². The van der Waals surface area contributed by atoms with E-state index < -0.39 is 8.80 Å². The average molecular weight is 249 g/mol. The van der Waals surface area contributed by atoms with E-state index in [1.54, 1.807) is 21.3 Å². The highest BCUT2D eigenvalue weighted by Crippen LogP contribution is 2.27. The summed E-state index contributed by atoms with van der Waals surface area (Å²) in [5.74, 6) is 0. The van der Waals surface area contributed by atoms with Gasteiger partial charge in [-0.15, -0.1) is 0 Å². The fourth-order valence-corrected chi connectivity index (χ4v) is 5.26. The Morgan fingerprint density at radius 2 is 1.80 bits per heavy atom. The number of hydrogen-bond donors (Lipinski definition) is 0. The first-order valence-electron chi connectivity index (χ1n) is 4.90. The summed E-state index contributed by atoms with van der Waals surface area (Å²) in [6, 6.07) is 0. The van der Waals surface area contributed by atoms with E-state index >= 15 is 0 Å². The lowest BCUT2D eigenvalue weighted by atomic mass is 10.3. The lowest BCUT2D eigenvalue weighted by Crippen LogP contribution is -2.52. The molecule has 0 aliphatic rings. The smallest absolute Gasteiger partial charge is 0.376 e. The predicted octanol–water partition coefficient (Wildman–Crippen LogP) is 2.18. The third-order valence-corrected chi connectivity index (χ3v) is 6.89. The van der Waals surface area contributed by atoms with E-state index in [0.717, 1.165) is 19.3 Å². The topological polar surface area (TPSA) is 51.5 Å². The number of unbranched alkanes of at least 4 members (excludes halogenated alkanes) is 1. The van der Waals surface area contributed by atoms with E-state index in [1.807, 2.05) is 0 Å². The average Bonchev–Trinajstić information content (AvgIpc) is 2.28. The standard InChI is InChI=1S/C9H19NO3SSi/c1-5-6-7-9(14-8-10)15(11-2,12-3)13-4/h9H,5-7H2,1-4H3. The van der Waals surface area contributed by atoms with Crippen molar-refractivity contribution in [2.24, 2.45) is 0 Å². The van der Waals surface area contributed by atoms with Crippen LogP contribution in [0.15, 0.2) is 0 Å². The molecule has 0 spiro atoms. The summed E-state index contributed by atoms with van der Waals surface area (Å²) in [4.78, 5) is 0.00227. The van der Waals surface area contributed by atoms with E-state index in [1.165, 1.54) is 11.8 Å². The molecule has 0 aliphatic carbocycles. The van der Waals surface area contributed by atoms with Crippen LogP contribution < -0.4 is 0 Å². The van der Waals surface area contributed by atoms with Gasteiger partial charge >= 0.3 is 8.80 Å². The first-order chi connectivity index (χ1) is 7.20. The first-order valence-corrected chi connectivity index (χ1v) is 7.59. The number of rotatable bonds is 8. The summed E-state index contributed by atoms with van der Waals surface area (Å²) in [6.07, 6.45) is 3.02. The van der Waals surface area contributed by atoms with Gasteiger partial charge in [-0.25, -0.2) is 0 Å².